The van der Waals surface area contributed by atoms with Gasteiger partial charge in [-0.05, 0) is 68.5 Å². The largest absolute Gasteiger partial charge is 0.444 e. The van der Waals surface area contributed by atoms with E-state index in [-0.39, 0.29) is 37.5 Å². The summed E-state index contributed by atoms with van der Waals surface area (Å²) in [5.74, 6) is -0.168. The molecule has 2 amide bonds. The molecule has 0 unspecified atom stereocenters. The number of hydrogen-bond donors (Lipinski definition) is 1. The fraction of sp³-hybridized carbons (Fsp3) is 0.419. The summed E-state index contributed by atoms with van der Waals surface area (Å²) in [6.07, 6.45) is -1.42. The van der Waals surface area contributed by atoms with Gasteiger partial charge in [0.2, 0.25) is 0 Å². The van der Waals surface area contributed by atoms with Crippen molar-refractivity contribution in [2.24, 2.45) is 0 Å². The van der Waals surface area contributed by atoms with Crippen molar-refractivity contribution >= 4 is 28.5 Å². The number of carbonyl (C=O) groups is 2. The number of nitrogens with zero attached hydrogens (tertiary/aromatic N) is 2. The zero-order valence-electron chi connectivity index (χ0n) is 24.0. The number of aryl methyl sites for hydroxylation is 1. The molecule has 0 saturated heterocycles. The standard InChI is InChI=1S/C31H36F3N3O4/c1-20-7-6-8-23-25(19-37(27(20)23)15-16-40-5)28(38)36-13-11-22(12-14-36)24-17-21(9-10-26(24)31(32,33)34)18-35-29(39)41-30(2,3)4/h6-11,17,19H,12-16,18H2,1-5H3,(H,35,39). The first-order chi connectivity index (χ1) is 19.3. The smallest absolute Gasteiger partial charge is 0.416 e. The molecule has 3 aromatic rings. The van der Waals surface area contributed by atoms with Crippen molar-refractivity contribution < 1.29 is 32.2 Å². The lowest BCUT2D eigenvalue weighted by molar-refractivity contribution is -0.137. The Bertz CT molecular complexity index is 1470. The molecule has 0 atom stereocenters. The molecular weight excluding hydrogens is 535 g/mol. The number of carbonyl (C=O) groups excluding carboxylic acids is 2. The first-order valence-electron chi connectivity index (χ1n) is 13.5. The van der Waals surface area contributed by atoms with Crippen LogP contribution < -0.4 is 5.32 Å². The van der Waals surface area contributed by atoms with Gasteiger partial charge < -0.3 is 24.3 Å². The summed E-state index contributed by atoms with van der Waals surface area (Å²) in [5, 5.41) is 3.43. The Kier molecular flexibility index (Phi) is 8.82. The number of aromatic nitrogens is 1. The Morgan fingerprint density at radius 2 is 1.85 bits per heavy atom. The van der Waals surface area contributed by atoms with Crippen molar-refractivity contribution in [1.29, 1.82) is 0 Å². The van der Waals surface area contributed by atoms with Crippen LogP contribution in [0.1, 0.15) is 59.8 Å². The van der Waals surface area contributed by atoms with Gasteiger partial charge in [-0.3, -0.25) is 4.79 Å². The van der Waals surface area contributed by atoms with Gasteiger partial charge in [0.05, 0.1) is 23.3 Å². The van der Waals surface area contributed by atoms with Crippen molar-refractivity contribution in [3.63, 3.8) is 0 Å². The van der Waals surface area contributed by atoms with Crippen molar-refractivity contribution in [3.05, 3.63) is 76.5 Å². The van der Waals surface area contributed by atoms with Gasteiger partial charge in [0, 0.05) is 44.9 Å². The fourth-order valence-corrected chi connectivity index (χ4v) is 5.06. The monoisotopic (exact) mass is 571 g/mol. The van der Waals surface area contributed by atoms with Crippen LogP contribution in [0.25, 0.3) is 16.5 Å². The van der Waals surface area contributed by atoms with E-state index in [1.165, 1.54) is 12.1 Å². The van der Waals surface area contributed by atoms with Gasteiger partial charge in [0.1, 0.15) is 5.60 Å². The maximum absolute atomic E-state index is 13.9. The molecule has 0 aliphatic carbocycles. The van der Waals surface area contributed by atoms with E-state index in [2.05, 4.69) is 5.32 Å². The van der Waals surface area contributed by atoms with E-state index in [1.54, 1.807) is 38.9 Å². The average molecular weight is 572 g/mol. The molecular formula is C31H36F3N3O4. The van der Waals surface area contributed by atoms with Gasteiger partial charge in [-0.15, -0.1) is 0 Å². The molecule has 0 bridgehead atoms. The zero-order valence-corrected chi connectivity index (χ0v) is 24.0. The Morgan fingerprint density at radius 3 is 2.49 bits per heavy atom. The highest BCUT2D eigenvalue weighted by molar-refractivity contribution is 6.08. The maximum atomic E-state index is 13.9. The molecule has 4 rings (SSSR count). The number of methoxy groups -OCH3 is 1. The van der Waals surface area contributed by atoms with Gasteiger partial charge in [0.15, 0.2) is 0 Å². The van der Waals surface area contributed by atoms with Crippen molar-refractivity contribution in [3.8, 4) is 0 Å². The molecule has 7 nitrogen and oxygen atoms in total. The van der Waals surface area contributed by atoms with E-state index < -0.39 is 23.4 Å². The van der Waals surface area contributed by atoms with E-state index in [0.717, 1.165) is 22.5 Å². The molecule has 2 heterocycles. The van der Waals surface area contributed by atoms with Crippen LogP contribution in [-0.2, 0) is 28.7 Å². The number of amides is 2. The molecule has 2 aromatic carbocycles. The Balaban J connectivity index is 1.57. The van der Waals surface area contributed by atoms with Crippen molar-refractivity contribution in [2.75, 3.05) is 26.8 Å². The minimum absolute atomic E-state index is 0.0183. The number of nitrogens with one attached hydrogen (secondary N) is 1. The second-order valence-electron chi connectivity index (χ2n) is 11.2. The van der Waals surface area contributed by atoms with Crippen LogP contribution in [0.15, 0.2) is 48.7 Å². The van der Waals surface area contributed by atoms with Crippen molar-refractivity contribution in [1.82, 2.24) is 14.8 Å². The Morgan fingerprint density at radius 1 is 1.10 bits per heavy atom. The molecule has 1 aliphatic rings. The summed E-state index contributed by atoms with van der Waals surface area (Å²) in [5.41, 5.74) is 2.20. The molecule has 41 heavy (non-hydrogen) atoms. The third kappa shape index (κ3) is 7.11. The molecule has 0 fully saturated rings. The number of para-hydroxylation sites is 1. The van der Waals surface area contributed by atoms with Gasteiger partial charge in [-0.25, -0.2) is 4.79 Å². The van der Waals surface area contributed by atoms with Crippen LogP contribution in [0.4, 0.5) is 18.0 Å². The van der Waals surface area contributed by atoms with Gasteiger partial charge in [0.25, 0.3) is 5.91 Å². The molecule has 220 valence electrons. The van der Waals surface area contributed by atoms with Crippen LogP contribution in [0.5, 0.6) is 0 Å². The summed E-state index contributed by atoms with van der Waals surface area (Å²) in [4.78, 5) is 27.3. The number of hydrogen-bond acceptors (Lipinski definition) is 4. The molecule has 0 spiro atoms. The number of alkyl halides is 3. The van der Waals surface area contributed by atoms with Crippen LogP contribution in [0.3, 0.4) is 0 Å². The van der Waals surface area contributed by atoms with Crippen LogP contribution in [0, 0.1) is 6.92 Å². The van der Waals surface area contributed by atoms with E-state index in [9.17, 15) is 22.8 Å². The average Bonchev–Trinajstić information content (AvgIpc) is 3.28. The number of benzene rings is 2. The van der Waals surface area contributed by atoms with E-state index in [0.29, 0.717) is 29.9 Å². The molecule has 0 saturated carbocycles. The SMILES string of the molecule is COCCn1cc(C(=O)N2CC=C(c3cc(CNC(=O)OC(C)(C)C)ccc3C(F)(F)F)CC2)c2cccc(C)c21. The van der Waals surface area contributed by atoms with Crippen molar-refractivity contribution in [2.45, 2.75) is 59.0 Å². The minimum atomic E-state index is -4.55. The fourth-order valence-electron chi connectivity index (χ4n) is 5.06. The second kappa shape index (κ2) is 12.0. The molecule has 1 aromatic heterocycles. The number of alkyl carbamates (subject to hydrolysis) is 1. The Labute approximate surface area is 237 Å². The highest BCUT2D eigenvalue weighted by Crippen LogP contribution is 2.38. The summed E-state index contributed by atoms with van der Waals surface area (Å²) < 4.78 is 54.3. The predicted molar refractivity (Wildman–Crippen MR) is 152 cm³/mol. The summed E-state index contributed by atoms with van der Waals surface area (Å²) in [6, 6.07) is 9.66. The minimum Gasteiger partial charge on any atom is -0.444 e. The van der Waals surface area contributed by atoms with Gasteiger partial charge >= 0.3 is 12.3 Å². The van der Waals surface area contributed by atoms with E-state index in [4.69, 9.17) is 9.47 Å². The maximum Gasteiger partial charge on any atom is 0.416 e. The number of rotatable bonds is 7. The van der Waals surface area contributed by atoms with E-state index in [1.807, 2.05) is 35.9 Å². The van der Waals surface area contributed by atoms with Crippen LogP contribution >= 0.6 is 0 Å². The summed E-state index contributed by atoms with van der Waals surface area (Å²) in [6.45, 7) is 8.74. The lowest BCUT2D eigenvalue weighted by atomic mass is 9.92. The zero-order chi connectivity index (χ0) is 29.9. The summed E-state index contributed by atoms with van der Waals surface area (Å²) in [7, 11) is 1.62. The number of fused-ring (bicyclic) bond motifs is 1. The third-order valence-corrected chi connectivity index (χ3v) is 6.93. The number of ether oxygens (including phenoxy) is 2. The lowest BCUT2D eigenvalue weighted by Crippen LogP contribution is -2.34. The Hall–Kier alpha value is -3.79. The lowest BCUT2D eigenvalue weighted by Gasteiger charge is -2.28. The van der Waals surface area contributed by atoms with E-state index >= 15 is 0 Å². The number of halogens is 3. The highest BCUT2D eigenvalue weighted by atomic mass is 19.4. The highest BCUT2D eigenvalue weighted by Gasteiger charge is 2.35. The molecule has 1 N–H and O–H groups in total. The van der Waals surface area contributed by atoms with Gasteiger partial charge in [-0.2, -0.15) is 13.2 Å². The first-order valence-corrected chi connectivity index (χ1v) is 13.5. The normalized spacial score (nSPS) is 14.2. The quantitative estimate of drug-likeness (QED) is 0.348. The topological polar surface area (TPSA) is 72.8 Å². The van der Waals surface area contributed by atoms with Crippen LogP contribution in [0.2, 0.25) is 0 Å². The molecule has 1 aliphatic heterocycles. The third-order valence-electron chi connectivity index (χ3n) is 6.93. The van der Waals surface area contributed by atoms with Crippen LogP contribution in [-0.4, -0.2) is 53.9 Å². The second-order valence-corrected chi connectivity index (χ2v) is 11.2. The molecule has 10 heteroatoms. The molecule has 0 radical (unpaired) electrons. The predicted octanol–water partition coefficient (Wildman–Crippen LogP) is 6.57. The first kappa shape index (κ1) is 30.2. The van der Waals surface area contributed by atoms with Gasteiger partial charge in [-0.1, -0.05) is 30.3 Å². The summed E-state index contributed by atoms with van der Waals surface area (Å²) >= 11 is 0.